The molecular weight excluding hydrogens is 438 g/mol. The van der Waals surface area contributed by atoms with Crippen LogP contribution in [0.2, 0.25) is 0 Å². The van der Waals surface area contributed by atoms with Gasteiger partial charge in [-0.25, -0.2) is 0 Å². The molecule has 6 nitrogen and oxygen atoms in total. The Kier molecular flexibility index (Phi) is 7.38. The number of fused-ring (bicyclic) bond motifs is 2. The average molecular weight is 476 g/mol. The number of ether oxygens (including phenoxy) is 1. The predicted octanol–water partition coefficient (Wildman–Crippen LogP) is 4.58. The van der Waals surface area contributed by atoms with Gasteiger partial charge in [-0.05, 0) is 88.1 Å². The van der Waals surface area contributed by atoms with E-state index in [4.69, 9.17) is 4.74 Å². The van der Waals surface area contributed by atoms with Crippen molar-refractivity contribution in [3.05, 3.63) is 52.8 Å². The van der Waals surface area contributed by atoms with Gasteiger partial charge in [0.25, 0.3) is 0 Å². The van der Waals surface area contributed by atoms with Gasteiger partial charge in [-0.3, -0.25) is 9.69 Å². The summed E-state index contributed by atoms with van der Waals surface area (Å²) in [6.07, 6.45) is 9.35. The van der Waals surface area contributed by atoms with Crippen molar-refractivity contribution in [1.29, 1.82) is 5.26 Å². The number of aryl methyl sites for hydroxylation is 1. The third-order valence-electron chi connectivity index (χ3n) is 8.49. The van der Waals surface area contributed by atoms with Gasteiger partial charge in [-0.1, -0.05) is 12.8 Å². The first kappa shape index (κ1) is 24.2. The van der Waals surface area contributed by atoms with Crippen LogP contribution in [0.4, 0.5) is 0 Å². The lowest BCUT2D eigenvalue weighted by Gasteiger charge is -2.21. The van der Waals surface area contributed by atoms with Gasteiger partial charge >= 0.3 is 0 Å². The van der Waals surface area contributed by atoms with Crippen LogP contribution in [0.5, 0.6) is 0 Å². The third kappa shape index (κ3) is 5.09. The van der Waals surface area contributed by atoms with E-state index in [0.29, 0.717) is 18.2 Å². The highest BCUT2D eigenvalue weighted by molar-refractivity contribution is 5.99. The summed E-state index contributed by atoms with van der Waals surface area (Å²) < 4.78 is 7.70. The van der Waals surface area contributed by atoms with Gasteiger partial charge in [0.2, 0.25) is 0 Å². The minimum atomic E-state index is -0.294. The number of ketones is 1. The van der Waals surface area contributed by atoms with Crippen LogP contribution in [-0.2, 0) is 11.2 Å². The fourth-order valence-corrected chi connectivity index (χ4v) is 6.52. The van der Waals surface area contributed by atoms with Crippen molar-refractivity contribution in [2.45, 2.75) is 82.9 Å². The summed E-state index contributed by atoms with van der Waals surface area (Å²) in [7, 11) is 0. The monoisotopic (exact) mass is 475 g/mol. The molecule has 35 heavy (non-hydrogen) atoms. The summed E-state index contributed by atoms with van der Waals surface area (Å²) in [5.74, 6) is 0.920. The summed E-state index contributed by atoms with van der Waals surface area (Å²) in [5, 5.41) is 19.5. The zero-order valence-electron chi connectivity index (χ0n) is 20.8. The molecule has 0 amide bonds. The molecule has 0 spiro atoms. The lowest BCUT2D eigenvalue weighted by Crippen LogP contribution is -2.36. The number of carbonyl (C=O) groups excluding carboxylic acids is 1. The van der Waals surface area contributed by atoms with Crippen LogP contribution in [0.1, 0.15) is 78.7 Å². The fraction of sp³-hybridized carbons (Fsp3) is 0.586. The molecule has 1 aromatic heterocycles. The van der Waals surface area contributed by atoms with Crippen LogP contribution in [0.3, 0.4) is 0 Å². The minimum absolute atomic E-state index is 0.134. The van der Waals surface area contributed by atoms with Crippen LogP contribution in [0, 0.1) is 24.2 Å². The number of hydrogen-bond donors (Lipinski definition) is 1. The molecule has 0 radical (unpaired) electrons. The highest BCUT2D eigenvalue weighted by Gasteiger charge is 2.46. The van der Waals surface area contributed by atoms with Crippen LogP contribution in [0.15, 0.2) is 30.3 Å². The second-order valence-electron chi connectivity index (χ2n) is 10.6. The van der Waals surface area contributed by atoms with E-state index in [1.54, 1.807) is 0 Å². The summed E-state index contributed by atoms with van der Waals surface area (Å²) in [4.78, 5) is 15.7. The number of aromatic nitrogens is 1. The number of hydrogen-bond acceptors (Lipinski definition) is 5. The standard InChI is InChI=1S/C29H37N3O3/c1-20-26(29(34)19-31-24-10-11-27(31)28(33)17-24)16-25(5-3-2-4-21-12-14-35-15-13-21)32(20)23-8-6-22(18-30)7-9-23/h6-9,16,21,24,27-28,33H,2-5,10-15,17,19H2,1H3/t24-,27+,28+/m1/s1. The average Bonchev–Trinajstić information content (AvgIpc) is 3.52. The van der Waals surface area contributed by atoms with Gasteiger partial charge < -0.3 is 14.4 Å². The molecule has 3 saturated heterocycles. The lowest BCUT2D eigenvalue weighted by molar-refractivity contribution is 0.0631. The van der Waals surface area contributed by atoms with Crippen LogP contribution in [-0.4, -0.2) is 58.3 Å². The van der Waals surface area contributed by atoms with Crippen molar-refractivity contribution in [1.82, 2.24) is 9.47 Å². The van der Waals surface area contributed by atoms with Crippen molar-refractivity contribution in [3.8, 4) is 11.8 Å². The number of nitrogens with zero attached hydrogens (tertiary/aromatic N) is 3. The second kappa shape index (κ2) is 10.7. The third-order valence-corrected chi connectivity index (χ3v) is 8.49. The first-order valence-corrected chi connectivity index (χ1v) is 13.3. The van der Waals surface area contributed by atoms with Gasteiger partial charge in [-0.15, -0.1) is 0 Å². The first-order chi connectivity index (χ1) is 17.0. The number of unbranched alkanes of at least 4 members (excludes halogenated alkanes) is 1. The van der Waals surface area contributed by atoms with Gasteiger partial charge in [0.15, 0.2) is 5.78 Å². The molecule has 1 aromatic carbocycles. The predicted molar refractivity (Wildman–Crippen MR) is 135 cm³/mol. The SMILES string of the molecule is Cc1c(C(=O)CN2[C@@H]3CC[C@H]2[C@@H](O)C3)cc(CCCCC2CCOCC2)n1-c1ccc(C#N)cc1. The molecule has 5 rings (SSSR count). The summed E-state index contributed by atoms with van der Waals surface area (Å²) >= 11 is 0. The molecule has 0 saturated carbocycles. The molecule has 3 fully saturated rings. The Morgan fingerprint density at radius 1 is 1.14 bits per heavy atom. The number of carbonyl (C=O) groups is 1. The molecule has 2 aromatic rings. The number of rotatable bonds is 9. The molecule has 186 valence electrons. The minimum Gasteiger partial charge on any atom is -0.391 e. The molecule has 3 aliphatic heterocycles. The maximum absolute atomic E-state index is 13.5. The quantitative estimate of drug-likeness (QED) is 0.424. The lowest BCUT2D eigenvalue weighted by atomic mass is 9.93. The second-order valence-corrected chi connectivity index (χ2v) is 10.6. The Morgan fingerprint density at radius 2 is 1.91 bits per heavy atom. The van der Waals surface area contributed by atoms with Gasteiger partial charge in [0.05, 0.1) is 24.3 Å². The van der Waals surface area contributed by atoms with E-state index in [-0.39, 0.29) is 17.9 Å². The van der Waals surface area contributed by atoms with Crippen LogP contribution < -0.4 is 0 Å². The Balaban J connectivity index is 1.33. The smallest absolute Gasteiger partial charge is 0.178 e. The molecular formula is C29H37N3O3. The highest BCUT2D eigenvalue weighted by atomic mass is 16.5. The summed E-state index contributed by atoms with van der Waals surface area (Å²) in [6, 6.07) is 12.4. The van der Waals surface area contributed by atoms with Crippen LogP contribution in [0.25, 0.3) is 5.69 Å². The normalized spacial score (nSPS) is 24.7. The van der Waals surface area contributed by atoms with E-state index in [1.807, 2.05) is 31.2 Å². The van der Waals surface area contributed by atoms with Crippen LogP contribution >= 0.6 is 0 Å². The van der Waals surface area contributed by atoms with E-state index >= 15 is 0 Å². The molecule has 3 aliphatic rings. The van der Waals surface area contributed by atoms with E-state index in [1.165, 1.54) is 25.7 Å². The summed E-state index contributed by atoms with van der Waals surface area (Å²) in [6.45, 7) is 4.21. The maximum atomic E-state index is 13.5. The van der Waals surface area contributed by atoms with E-state index in [2.05, 4.69) is 21.6 Å². The molecule has 0 unspecified atom stereocenters. The Bertz CT molecular complexity index is 1080. The molecule has 1 N–H and O–H groups in total. The van der Waals surface area contributed by atoms with Crippen molar-refractivity contribution < 1.29 is 14.6 Å². The number of benzene rings is 1. The largest absolute Gasteiger partial charge is 0.391 e. The molecule has 2 bridgehead atoms. The van der Waals surface area contributed by atoms with Crippen molar-refractivity contribution in [2.24, 2.45) is 5.92 Å². The topological polar surface area (TPSA) is 78.5 Å². The number of aliphatic hydroxyl groups is 1. The molecule has 3 atom stereocenters. The van der Waals surface area contributed by atoms with E-state index < -0.39 is 0 Å². The van der Waals surface area contributed by atoms with Gasteiger partial charge in [-0.2, -0.15) is 5.26 Å². The van der Waals surface area contributed by atoms with Crippen molar-refractivity contribution in [3.63, 3.8) is 0 Å². The summed E-state index contributed by atoms with van der Waals surface area (Å²) in [5.41, 5.74) is 4.54. The Hall–Kier alpha value is -2.46. The first-order valence-electron chi connectivity index (χ1n) is 13.3. The fourth-order valence-electron chi connectivity index (χ4n) is 6.52. The number of Topliss-reactive ketones (excluding diaryl/α,β-unsaturated/α-hetero) is 1. The number of nitriles is 1. The van der Waals surface area contributed by atoms with Crippen molar-refractivity contribution in [2.75, 3.05) is 19.8 Å². The zero-order chi connectivity index (χ0) is 24.4. The maximum Gasteiger partial charge on any atom is 0.178 e. The molecule has 0 aliphatic carbocycles. The Labute approximate surface area is 208 Å². The zero-order valence-corrected chi connectivity index (χ0v) is 20.8. The van der Waals surface area contributed by atoms with Gasteiger partial charge in [0, 0.05) is 47.9 Å². The van der Waals surface area contributed by atoms with Gasteiger partial charge in [0.1, 0.15) is 0 Å². The van der Waals surface area contributed by atoms with E-state index in [9.17, 15) is 15.2 Å². The van der Waals surface area contributed by atoms with Crippen molar-refractivity contribution >= 4 is 5.78 Å². The van der Waals surface area contributed by atoms with E-state index in [0.717, 1.165) is 73.9 Å². The molecule has 4 heterocycles. The Morgan fingerprint density at radius 3 is 2.57 bits per heavy atom. The number of aliphatic hydroxyl groups excluding tert-OH is 1. The molecule has 6 heteroatoms. The highest BCUT2D eigenvalue weighted by Crippen LogP contribution is 2.38.